The van der Waals surface area contributed by atoms with Gasteiger partial charge in [-0.2, -0.15) is 0 Å². The first-order chi connectivity index (χ1) is 34.6. The zero-order valence-electron chi connectivity index (χ0n) is 37.0. The van der Waals surface area contributed by atoms with Gasteiger partial charge in [-0.15, -0.1) is 0 Å². The molecule has 15 rings (SSSR count). The van der Waals surface area contributed by atoms with E-state index in [0.29, 0.717) is 11.4 Å². The number of pyridine rings is 2. The molecule has 0 amide bonds. The van der Waals surface area contributed by atoms with Crippen molar-refractivity contribution in [2.45, 2.75) is 15.2 Å². The second-order valence-electron chi connectivity index (χ2n) is 17.9. The van der Waals surface area contributed by atoms with E-state index in [-0.39, 0.29) is 0 Å². The van der Waals surface area contributed by atoms with Crippen molar-refractivity contribution in [3.8, 4) is 34.3 Å². The normalized spacial score (nSPS) is 14.9. The predicted molar refractivity (Wildman–Crippen MR) is 279 cm³/mol. The third-order valence-electron chi connectivity index (χ3n) is 14.4. The van der Waals surface area contributed by atoms with Gasteiger partial charge in [-0.3, -0.25) is 9.97 Å². The SMILES string of the molecule is [C-]#[N+]c1ccc2c(c1)c1ccccc1n2-c1ccc2c(c1)Sc1cccc(-n3c4ccccc4c4cc([N+]#[C-])ccc43)c1C21c2cccnc2-c2ncc(N3c4ccccc4Oc4ccccc43)cc21. The number of aromatic nitrogens is 4. The second kappa shape index (κ2) is 14.3. The summed E-state index contributed by atoms with van der Waals surface area (Å²) in [6.07, 6.45) is 3.86. The third kappa shape index (κ3) is 5.08. The lowest BCUT2D eigenvalue weighted by molar-refractivity contribution is 0.477. The number of para-hydroxylation sites is 6. The molecule has 0 radical (unpaired) electrons. The van der Waals surface area contributed by atoms with Crippen molar-refractivity contribution in [3.63, 3.8) is 0 Å². The molecule has 324 valence electrons. The van der Waals surface area contributed by atoms with Crippen LogP contribution in [-0.4, -0.2) is 19.1 Å². The van der Waals surface area contributed by atoms with Crippen LogP contribution in [0.1, 0.15) is 22.3 Å². The van der Waals surface area contributed by atoms with Gasteiger partial charge in [-0.1, -0.05) is 103 Å². The van der Waals surface area contributed by atoms with Crippen LogP contribution in [0.5, 0.6) is 11.5 Å². The Labute approximate surface area is 405 Å². The van der Waals surface area contributed by atoms with Gasteiger partial charge in [0.25, 0.3) is 0 Å². The van der Waals surface area contributed by atoms with Crippen molar-refractivity contribution < 1.29 is 4.74 Å². The Morgan fingerprint density at radius 1 is 0.457 bits per heavy atom. The molecule has 0 fully saturated rings. The minimum absolute atomic E-state index is 0.604. The van der Waals surface area contributed by atoms with Gasteiger partial charge in [0, 0.05) is 43.6 Å². The molecule has 3 aliphatic rings. The maximum absolute atomic E-state index is 7.95. The molecule has 70 heavy (non-hydrogen) atoms. The molecule has 4 aromatic heterocycles. The maximum Gasteiger partial charge on any atom is 0.188 e. The van der Waals surface area contributed by atoms with E-state index in [1.54, 1.807) is 11.8 Å². The fourth-order valence-electron chi connectivity index (χ4n) is 11.7. The molecule has 2 aliphatic heterocycles. The van der Waals surface area contributed by atoms with Gasteiger partial charge in [0.15, 0.2) is 22.9 Å². The predicted octanol–water partition coefficient (Wildman–Crippen LogP) is 16.2. The first kappa shape index (κ1) is 38.7. The Morgan fingerprint density at radius 2 is 1.07 bits per heavy atom. The highest BCUT2D eigenvalue weighted by Gasteiger charge is 2.53. The minimum Gasteiger partial charge on any atom is -0.453 e. The summed E-state index contributed by atoms with van der Waals surface area (Å²) in [6.45, 7) is 15.8. The monoisotopic (exact) mass is 911 g/mol. The second-order valence-corrected chi connectivity index (χ2v) is 19.0. The molecule has 6 heterocycles. The van der Waals surface area contributed by atoms with E-state index in [0.717, 1.165) is 127 Å². The number of benzene rings is 8. The Morgan fingerprint density at radius 3 is 1.79 bits per heavy atom. The summed E-state index contributed by atoms with van der Waals surface area (Å²) >= 11 is 1.79. The zero-order chi connectivity index (χ0) is 46.2. The number of hydrogen-bond donors (Lipinski definition) is 0. The molecule has 1 unspecified atom stereocenters. The average Bonchev–Trinajstić information content (AvgIpc) is 4.03. The Kier molecular flexibility index (Phi) is 7.90. The van der Waals surface area contributed by atoms with Crippen LogP contribution in [0.15, 0.2) is 210 Å². The van der Waals surface area contributed by atoms with E-state index >= 15 is 0 Å². The van der Waals surface area contributed by atoms with Crippen LogP contribution < -0.4 is 9.64 Å². The van der Waals surface area contributed by atoms with Crippen molar-refractivity contribution in [2.75, 3.05) is 4.90 Å². The molecule has 0 N–H and O–H groups in total. The van der Waals surface area contributed by atoms with Gasteiger partial charge < -0.3 is 18.8 Å². The topological polar surface area (TPSA) is 56.8 Å². The number of anilines is 3. The number of hydrogen-bond acceptors (Lipinski definition) is 5. The first-order valence-electron chi connectivity index (χ1n) is 23.0. The van der Waals surface area contributed by atoms with Gasteiger partial charge in [-0.25, -0.2) is 9.69 Å². The average molecular weight is 912 g/mol. The van der Waals surface area contributed by atoms with Crippen LogP contribution in [0.25, 0.3) is 76.1 Å². The molecule has 12 aromatic rings. The van der Waals surface area contributed by atoms with E-state index in [1.165, 1.54) is 0 Å². The van der Waals surface area contributed by atoms with Gasteiger partial charge in [0.1, 0.15) is 0 Å². The van der Waals surface area contributed by atoms with Crippen LogP contribution in [0.3, 0.4) is 0 Å². The summed E-state index contributed by atoms with van der Waals surface area (Å²) < 4.78 is 11.2. The lowest BCUT2D eigenvalue weighted by Crippen LogP contribution is -2.34. The molecular formula is C61H33N7OS. The number of rotatable bonds is 3. The van der Waals surface area contributed by atoms with E-state index in [2.05, 4.69) is 151 Å². The minimum atomic E-state index is -0.919. The first-order valence-corrected chi connectivity index (χ1v) is 23.8. The highest BCUT2D eigenvalue weighted by Crippen LogP contribution is 2.64. The van der Waals surface area contributed by atoms with E-state index < -0.39 is 5.41 Å². The Balaban J connectivity index is 1.06. The molecule has 0 bridgehead atoms. The quantitative estimate of drug-likeness (QED) is 0.165. The molecule has 0 saturated heterocycles. The van der Waals surface area contributed by atoms with Crippen molar-refractivity contribution in [3.05, 3.63) is 246 Å². The van der Waals surface area contributed by atoms with Crippen molar-refractivity contribution in [1.29, 1.82) is 0 Å². The summed E-state index contributed by atoms with van der Waals surface area (Å²) in [6, 6.07) is 65.7. The fraction of sp³-hybridized carbons (Fsp3) is 0.0164. The summed E-state index contributed by atoms with van der Waals surface area (Å²) in [5.74, 6) is 1.54. The van der Waals surface area contributed by atoms with Gasteiger partial charge in [0.2, 0.25) is 0 Å². The lowest BCUT2D eigenvalue weighted by Gasteiger charge is -2.41. The summed E-state index contributed by atoms with van der Waals surface area (Å²) in [4.78, 5) is 22.8. The van der Waals surface area contributed by atoms with Crippen LogP contribution in [0, 0.1) is 13.1 Å². The summed E-state index contributed by atoms with van der Waals surface area (Å²) in [5.41, 5.74) is 15.3. The van der Waals surface area contributed by atoms with Gasteiger partial charge >= 0.3 is 0 Å². The maximum atomic E-state index is 7.95. The van der Waals surface area contributed by atoms with Crippen molar-refractivity contribution in [1.82, 2.24) is 19.1 Å². The third-order valence-corrected chi connectivity index (χ3v) is 15.6. The summed E-state index contributed by atoms with van der Waals surface area (Å²) in [7, 11) is 0. The van der Waals surface area contributed by atoms with Crippen molar-refractivity contribution >= 4 is 83.8 Å². The smallest absolute Gasteiger partial charge is 0.188 e. The number of nitrogens with zero attached hydrogens (tertiary/aromatic N) is 7. The Hall–Kier alpha value is -9.41. The van der Waals surface area contributed by atoms with Crippen LogP contribution in [0.4, 0.5) is 28.4 Å². The molecule has 9 heteroatoms. The van der Waals surface area contributed by atoms with E-state index in [4.69, 9.17) is 27.8 Å². The summed E-state index contributed by atoms with van der Waals surface area (Å²) in [5, 5.41) is 4.26. The van der Waals surface area contributed by atoms with Crippen LogP contribution in [0.2, 0.25) is 0 Å². The molecular weight excluding hydrogens is 879 g/mol. The van der Waals surface area contributed by atoms with Gasteiger partial charge in [-0.05, 0) is 119 Å². The number of ether oxygens (including phenoxy) is 1. The molecule has 0 saturated carbocycles. The number of fused-ring (bicyclic) bond motifs is 17. The van der Waals surface area contributed by atoms with E-state index in [1.807, 2.05) is 73.1 Å². The molecule has 1 atom stereocenters. The highest BCUT2D eigenvalue weighted by molar-refractivity contribution is 7.99. The van der Waals surface area contributed by atoms with Crippen LogP contribution >= 0.6 is 11.8 Å². The largest absolute Gasteiger partial charge is 0.453 e. The van der Waals surface area contributed by atoms with E-state index in [9.17, 15) is 0 Å². The molecule has 8 aromatic carbocycles. The lowest BCUT2D eigenvalue weighted by atomic mass is 9.67. The van der Waals surface area contributed by atoms with Gasteiger partial charge in [0.05, 0.1) is 81.0 Å². The fourth-order valence-corrected chi connectivity index (χ4v) is 13.0. The zero-order valence-corrected chi connectivity index (χ0v) is 37.8. The highest BCUT2D eigenvalue weighted by atomic mass is 32.2. The molecule has 8 nitrogen and oxygen atoms in total. The van der Waals surface area contributed by atoms with Crippen LogP contribution in [-0.2, 0) is 5.41 Å². The molecule has 1 aliphatic carbocycles. The molecule has 1 spiro atoms. The van der Waals surface area contributed by atoms with Crippen molar-refractivity contribution in [2.24, 2.45) is 0 Å². The standard InChI is InChI=1S/C61H33N7OS/c1-62-36-24-28-49-42(31-36)40-13-3-5-16-47(40)66(49)38-26-27-44-57(34-38)70-56-23-11-20-53(68-48-17-6-4-14-41(48)43-32-37(63-2)25-29-50(43)68)58(56)61(44)45-15-12-30-64-59(45)60-46(61)33-39(35-65-60)67-51-18-7-9-21-54(51)69-55-22-10-8-19-52(55)67/h3-35H. The Bertz CT molecular complexity index is 4340.